The van der Waals surface area contributed by atoms with Gasteiger partial charge in [0, 0.05) is 19.7 Å². The van der Waals surface area contributed by atoms with Gasteiger partial charge >= 0.3 is 0 Å². The second-order valence-corrected chi connectivity index (χ2v) is 4.79. The van der Waals surface area contributed by atoms with Gasteiger partial charge < -0.3 is 4.90 Å². The Labute approximate surface area is 123 Å². The Morgan fingerprint density at radius 1 is 1.10 bits per heavy atom. The van der Waals surface area contributed by atoms with Crippen molar-refractivity contribution in [2.45, 2.75) is 6.17 Å². The number of alkyl halides is 1. The molecule has 0 spiro atoms. The zero-order valence-electron chi connectivity index (χ0n) is 11.8. The van der Waals surface area contributed by atoms with Crippen LogP contribution in [-0.2, 0) is 0 Å². The molecular weight excluding hydrogens is 265 g/mol. The lowest BCUT2D eigenvalue weighted by Gasteiger charge is -2.21. The highest BCUT2D eigenvalue weighted by atomic mass is 19.1. The standard InChI is InChI=1S/C17H14FN3/c1-21(2)17(15(10-19)16(18)11-20)14-9-5-7-12-6-3-4-8-13(12)14/h3-9,16H,1-2H3. The van der Waals surface area contributed by atoms with E-state index in [-0.39, 0.29) is 5.57 Å². The quantitative estimate of drug-likeness (QED) is 0.808. The predicted octanol–water partition coefficient (Wildman–Crippen LogP) is 3.50. The normalized spacial score (nSPS) is 13.0. The van der Waals surface area contributed by atoms with E-state index in [1.807, 2.05) is 48.5 Å². The second kappa shape index (κ2) is 6.07. The first-order valence-corrected chi connectivity index (χ1v) is 6.43. The Hall–Kier alpha value is -2.85. The predicted molar refractivity (Wildman–Crippen MR) is 80.7 cm³/mol. The van der Waals surface area contributed by atoms with Crippen LogP contribution in [0.25, 0.3) is 16.5 Å². The van der Waals surface area contributed by atoms with Crippen molar-refractivity contribution in [3.8, 4) is 12.1 Å². The molecule has 0 heterocycles. The summed E-state index contributed by atoms with van der Waals surface area (Å²) in [6, 6.07) is 16.7. The number of nitrogens with zero attached hydrogens (tertiary/aromatic N) is 3. The molecule has 0 saturated carbocycles. The molecular formula is C17H14FN3. The number of nitriles is 2. The highest BCUT2D eigenvalue weighted by molar-refractivity contribution is 5.94. The molecule has 0 fully saturated rings. The Morgan fingerprint density at radius 3 is 2.38 bits per heavy atom. The molecule has 0 aliphatic rings. The smallest absolute Gasteiger partial charge is 0.223 e. The van der Waals surface area contributed by atoms with E-state index in [2.05, 4.69) is 0 Å². The van der Waals surface area contributed by atoms with Gasteiger partial charge in [-0.25, -0.2) is 4.39 Å². The van der Waals surface area contributed by atoms with Gasteiger partial charge in [-0.15, -0.1) is 0 Å². The molecule has 1 atom stereocenters. The number of halogens is 1. The van der Waals surface area contributed by atoms with Gasteiger partial charge in [0.1, 0.15) is 17.7 Å². The van der Waals surface area contributed by atoms with E-state index in [4.69, 9.17) is 5.26 Å². The molecule has 21 heavy (non-hydrogen) atoms. The maximum absolute atomic E-state index is 13.8. The first kappa shape index (κ1) is 14.6. The fourth-order valence-corrected chi connectivity index (χ4v) is 2.35. The van der Waals surface area contributed by atoms with Crippen LogP contribution in [0.15, 0.2) is 48.0 Å². The van der Waals surface area contributed by atoms with Crippen LogP contribution in [-0.4, -0.2) is 25.2 Å². The van der Waals surface area contributed by atoms with Crippen molar-refractivity contribution in [2.24, 2.45) is 0 Å². The van der Waals surface area contributed by atoms with Gasteiger partial charge in [0.25, 0.3) is 0 Å². The Bertz CT molecular complexity index is 773. The average Bonchev–Trinajstić information content (AvgIpc) is 2.51. The topological polar surface area (TPSA) is 50.8 Å². The number of rotatable bonds is 3. The zero-order chi connectivity index (χ0) is 15.4. The van der Waals surface area contributed by atoms with E-state index in [1.165, 1.54) is 6.07 Å². The third-order valence-corrected chi connectivity index (χ3v) is 3.23. The lowest BCUT2D eigenvalue weighted by molar-refractivity contribution is 0.459. The summed E-state index contributed by atoms with van der Waals surface area (Å²) in [6.07, 6.45) is -1.94. The number of fused-ring (bicyclic) bond motifs is 1. The van der Waals surface area contributed by atoms with Crippen LogP contribution >= 0.6 is 0 Å². The lowest BCUT2D eigenvalue weighted by atomic mass is 9.97. The van der Waals surface area contributed by atoms with E-state index in [1.54, 1.807) is 19.0 Å². The molecule has 0 radical (unpaired) electrons. The summed E-state index contributed by atoms with van der Waals surface area (Å²) in [5, 5.41) is 20.0. The second-order valence-electron chi connectivity index (χ2n) is 4.79. The van der Waals surface area contributed by atoms with Crippen LogP contribution in [0.4, 0.5) is 4.39 Å². The van der Waals surface area contributed by atoms with Crippen molar-refractivity contribution in [1.29, 1.82) is 10.5 Å². The van der Waals surface area contributed by atoms with Crippen LogP contribution in [0.2, 0.25) is 0 Å². The molecule has 4 heteroatoms. The minimum atomic E-state index is -1.94. The summed E-state index contributed by atoms with van der Waals surface area (Å²) >= 11 is 0. The zero-order valence-corrected chi connectivity index (χ0v) is 11.8. The van der Waals surface area contributed by atoms with Gasteiger partial charge in [0.15, 0.2) is 0 Å². The Morgan fingerprint density at radius 2 is 1.76 bits per heavy atom. The molecule has 0 aliphatic carbocycles. The molecule has 2 aromatic carbocycles. The summed E-state index contributed by atoms with van der Waals surface area (Å²) in [6.45, 7) is 0. The average molecular weight is 279 g/mol. The van der Waals surface area contributed by atoms with Crippen molar-refractivity contribution < 1.29 is 4.39 Å². The minimum absolute atomic E-state index is 0.168. The maximum Gasteiger partial charge on any atom is 0.223 e. The monoisotopic (exact) mass is 279 g/mol. The van der Waals surface area contributed by atoms with E-state index in [0.29, 0.717) is 5.70 Å². The first-order valence-electron chi connectivity index (χ1n) is 6.43. The minimum Gasteiger partial charge on any atom is -0.376 e. The summed E-state index contributed by atoms with van der Waals surface area (Å²) in [4.78, 5) is 1.67. The van der Waals surface area contributed by atoms with Crippen LogP contribution < -0.4 is 0 Å². The van der Waals surface area contributed by atoms with Gasteiger partial charge in [0.2, 0.25) is 6.17 Å². The van der Waals surface area contributed by atoms with Crippen LogP contribution in [0.5, 0.6) is 0 Å². The fourth-order valence-electron chi connectivity index (χ4n) is 2.35. The number of benzene rings is 2. The third kappa shape index (κ3) is 2.70. The fraction of sp³-hybridized carbons (Fsp3) is 0.176. The van der Waals surface area contributed by atoms with Gasteiger partial charge in [-0.1, -0.05) is 42.5 Å². The molecule has 0 aliphatic heterocycles. The molecule has 1 unspecified atom stereocenters. The highest BCUT2D eigenvalue weighted by Crippen LogP contribution is 2.30. The lowest BCUT2D eigenvalue weighted by Crippen LogP contribution is -2.16. The highest BCUT2D eigenvalue weighted by Gasteiger charge is 2.21. The van der Waals surface area contributed by atoms with Crippen molar-refractivity contribution in [2.75, 3.05) is 14.1 Å². The summed E-state index contributed by atoms with van der Waals surface area (Å²) in [7, 11) is 3.47. The van der Waals surface area contributed by atoms with Crippen molar-refractivity contribution in [3.63, 3.8) is 0 Å². The van der Waals surface area contributed by atoms with Crippen molar-refractivity contribution >= 4 is 16.5 Å². The number of hydrogen-bond acceptors (Lipinski definition) is 3. The van der Waals surface area contributed by atoms with Crippen LogP contribution in [0, 0.1) is 22.7 Å². The third-order valence-electron chi connectivity index (χ3n) is 3.23. The van der Waals surface area contributed by atoms with Gasteiger partial charge in [-0.3, -0.25) is 0 Å². The molecule has 0 amide bonds. The van der Waals surface area contributed by atoms with E-state index >= 15 is 0 Å². The number of allylic oxidation sites excluding steroid dienone is 1. The van der Waals surface area contributed by atoms with E-state index < -0.39 is 6.17 Å². The molecule has 0 N–H and O–H groups in total. The number of hydrogen-bond donors (Lipinski definition) is 0. The van der Waals surface area contributed by atoms with Crippen LogP contribution in [0.1, 0.15) is 5.56 Å². The largest absolute Gasteiger partial charge is 0.376 e. The van der Waals surface area contributed by atoms with Gasteiger partial charge in [-0.2, -0.15) is 10.5 Å². The molecule has 2 aromatic rings. The SMILES string of the molecule is CN(C)C(=C(C#N)C(F)C#N)c1cccc2ccccc12. The van der Waals surface area contributed by atoms with E-state index in [9.17, 15) is 9.65 Å². The molecule has 2 rings (SSSR count). The summed E-state index contributed by atoms with van der Waals surface area (Å²) in [5.74, 6) is 0. The first-order chi connectivity index (χ1) is 10.1. The molecule has 104 valence electrons. The summed E-state index contributed by atoms with van der Waals surface area (Å²) < 4.78 is 13.8. The Balaban J connectivity index is 2.82. The van der Waals surface area contributed by atoms with Crippen LogP contribution in [0.3, 0.4) is 0 Å². The maximum atomic E-state index is 13.8. The molecule has 3 nitrogen and oxygen atoms in total. The van der Waals surface area contributed by atoms with Crippen molar-refractivity contribution in [3.05, 3.63) is 53.6 Å². The molecule has 0 bridgehead atoms. The van der Waals surface area contributed by atoms with Gasteiger partial charge in [0.05, 0.1) is 5.70 Å². The van der Waals surface area contributed by atoms with Crippen molar-refractivity contribution in [1.82, 2.24) is 4.90 Å². The van der Waals surface area contributed by atoms with Gasteiger partial charge in [-0.05, 0) is 10.8 Å². The summed E-state index contributed by atoms with van der Waals surface area (Å²) in [5.41, 5.74) is 1.01. The Kier molecular flexibility index (Phi) is 4.21. The molecule has 0 saturated heterocycles. The molecule has 0 aromatic heterocycles. The van der Waals surface area contributed by atoms with E-state index in [0.717, 1.165) is 16.3 Å².